The van der Waals surface area contributed by atoms with Crippen molar-refractivity contribution in [2.24, 2.45) is 0 Å². The Hall–Kier alpha value is -1.69. The van der Waals surface area contributed by atoms with E-state index in [1.54, 1.807) is 18.2 Å². The van der Waals surface area contributed by atoms with Gasteiger partial charge >= 0.3 is 0 Å². The van der Waals surface area contributed by atoms with Gasteiger partial charge in [0.2, 0.25) is 5.91 Å². The first-order chi connectivity index (χ1) is 10.1. The zero-order valence-corrected chi connectivity index (χ0v) is 12.6. The summed E-state index contributed by atoms with van der Waals surface area (Å²) in [4.78, 5) is 11.7. The van der Waals surface area contributed by atoms with Crippen LogP contribution in [-0.4, -0.2) is 17.1 Å². The Morgan fingerprint density at radius 1 is 1.24 bits per heavy atom. The van der Waals surface area contributed by atoms with Crippen LogP contribution in [0.4, 0.5) is 4.39 Å². The molecule has 3 N–H and O–H groups in total. The predicted molar refractivity (Wildman–Crippen MR) is 84.0 cm³/mol. The summed E-state index contributed by atoms with van der Waals surface area (Å²) in [5.41, 5.74) is 5.76. The molecule has 0 unspecified atom stereocenters. The van der Waals surface area contributed by atoms with Crippen molar-refractivity contribution < 1.29 is 9.18 Å². The fourth-order valence-corrected chi connectivity index (χ4v) is 2.65. The number of nitrogens with one attached hydrogen (secondary N) is 3. The molecule has 6 heteroatoms. The van der Waals surface area contributed by atoms with Crippen molar-refractivity contribution in [2.75, 3.05) is 0 Å². The van der Waals surface area contributed by atoms with Gasteiger partial charge in [-0.2, -0.15) is 0 Å². The lowest BCUT2D eigenvalue weighted by Gasteiger charge is -2.16. The summed E-state index contributed by atoms with van der Waals surface area (Å²) in [7, 11) is 0. The number of rotatable bonds is 4. The highest BCUT2D eigenvalue weighted by Gasteiger charge is 2.15. The molecule has 1 fully saturated rings. The molecule has 0 atom stereocenters. The van der Waals surface area contributed by atoms with Crippen molar-refractivity contribution >= 4 is 23.2 Å². The van der Waals surface area contributed by atoms with E-state index in [-0.39, 0.29) is 18.1 Å². The summed E-state index contributed by atoms with van der Waals surface area (Å²) in [6.45, 7) is 0. The van der Waals surface area contributed by atoms with Crippen molar-refractivity contribution in [3.8, 4) is 0 Å². The third-order valence-corrected chi connectivity index (χ3v) is 3.80. The lowest BCUT2D eigenvalue weighted by atomic mass is 10.1. The molecule has 0 bridgehead atoms. The second-order valence-electron chi connectivity index (χ2n) is 5.22. The van der Waals surface area contributed by atoms with Gasteiger partial charge in [-0.15, -0.1) is 0 Å². The van der Waals surface area contributed by atoms with Gasteiger partial charge in [-0.3, -0.25) is 15.6 Å². The van der Waals surface area contributed by atoms with Crippen LogP contribution in [0.2, 0.25) is 0 Å². The van der Waals surface area contributed by atoms with Gasteiger partial charge in [0, 0.05) is 12.5 Å². The molecule has 1 saturated carbocycles. The lowest BCUT2D eigenvalue weighted by Crippen LogP contribution is -2.49. The predicted octanol–water partition coefficient (Wildman–Crippen LogP) is 2.20. The quantitative estimate of drug-likeness (QED) is 0.589. The minimum absolute atomic E-state index is 0.208. The monoisotopic (exact) mass is 309 g/mol. The standard InChI is InChI=1S/C15H20FN3OS/c16-13-8-4-1-5-11(13)9-10-14(20)18-19-15(21)17-12-6-2-3-7-12/h1,4-5,8,12H,2-3,6-7,9-10H2,(H,18,20)(H2,17,19,21). The average molecular weight is 309 g/mol. The molecule has 2 rings (SSSR count). The van der Waals surface area contributed by atoms with Crippen LogP contribution in [0.15, 0.2) is 24.3 Å². The second kappa shape index (κ2) is 7.93. The zero-order valence-electron chi connectivity index (χ0n) is 11.8. The van der Waals surface area contributed by atoms with E-state index in [9.17, 15) is 9.18 Å². The number of aryl methyl sites for hydroxylation is 1. The molecule has 1 aromatic carbocycles. The van der Waals surface area contributed by atoms with Crippen molar-refractivity contribution in [1.29, 1.82) is 0 Å². The number of carbonyl (C=O) groups is 1. The van der Waals surface area contributed by atoms with E-state index in [4.69, 9.17) is 12.2 Å². The summed E-state index contributed by atoms with van der Waals surface area (Å²) in [5.74, 6) is -0.495. The second-order valence-corrected chi connectivity index (χ2v) is 5.63. The fourth-order valence-electron chi connectivity index (χ4n) is 2.43. The Morgan fingerprint density at radius 3 is 2.67 bits per heavy atom. The molecular formula is C15H20FN3OS. The number of carbonyl (C=O) groups excluding carboxylic acids is 1. The van der Waals surface area contributed by atoms with E-state index in [1.165, 1.54) is 18.9 Å². The molecule has 1 amide bonds. The number of hydrazine groups is 1. The van der Waals surface area contributed by atoms with Crippen molar-refractivity contribution in [3.05, 3.63) is 35.6 Å². The third kappa shape index (κ3) is 5.30. The molecular weight excluding hydrogens is 289 g/mol. The van der Waals surface area contributed by atoms with E-state index in [0.717, 1.165) is 12.8 Å². The lowest BCUT2D eigenvalue weighted by molar-refractivity contribution is -0.121. The van der Waals surface area contributed by atoms with Gasteiger partial charge < -0.3 is 5.32 Å². The smallest absolute Gasteiger partial charge is 0.238 e. The van der Waals surface area contributed by atoms with Crippen LogP contribution in [0.1, 0.15) is 37.7 Å². The Labute approximate surface area is 129 Å². The Kier molecular flexibility index (Phi) is 5.92. The van der Waals surface area contributed by atoms with E-state index in [2.05, 4.69) is 16.2 Å². The van der Waals surface area contributed by atoms with Gasteiger partial charge in [0.15, 0.2) is 5.11 Å². The van der Waals surface area contributed by atoms with Crippen LogP contribution in [0.25, 0.3) is 0 Å². The third-order valence-electron chi connectivity index (χ3n) is 3.59. The van der Waals surface area contributed by atoms with E-state index >= 15 is 0 Å². The van der Waals surface area contributed by atoms with Crippen molar-refractivity contribution in [3.63, 3.8) is 0 Å². The first-order valence-corrected chi connectivity index (χ1v) is 7.65. The molecule has 0 spiro atoms. The maximum atomic E-state index is 13.4. The van der Waals surface area contributed by atoms with Crippen LogP contribution in [0.5, 0.6) is 0 Å². The highest BCUT2D eigenvalue weighted by molar-refractivity contribution is 7.80. The molecule has 0 saturated heterocycles. The largest absolute Gasteiger partial charge is 0.359 e. The Balaban J connectivity index is 1.65. The topological polar surface area (TPSA) is 53.2 Å². The molecule has 0 aromatic heterocycles. The normalized spacial score (nSPS) is 14.7. The van der Waals surface area contributed by atoms with Crippen LogP contribution in [0.3, 0.4) is 0 Å². The van der Waals surface area contributed by atoms with Crippen LogP contribution < -0.4 is 16.2 Å². The molecule has 21 heavy (non-hydrogen) atoms. The zero-order chi connectivity index (χ0) is 15.1. The highest BCUT2D eigenvalue weighted by Crippen LogP contribution is 2.17. The minimum atomic E-state index is -0.281. The van der Waals surface area contributed by atoms with Gasteiger partial charge in [0.1, 0.15) is 5.82 Å². The molecule has 0 heterocycles. The number of halogens is 1. The van der Waals surface area contributed by atoms with Crippen LogP contribution in [-0.2, 0) is 11.2 Å². The van der Waals surface area contributed by atoms with Crippen molar-refractivity contribution in [2.45, 2.75) is 44.6 Å². The fraction of sp³-hybridized carbons (Fsp3) is 0.467. The maximum absolute atomic E-state index is 13.4. The van der Waals surface area contributed by atoms with Gasteiger partial charge in [0.25, 0.3) is 0 Å². The van der Waals surface area contributed by atoms with Crippen LogP contribution >= 0.6 is 12.2 Å². The number of hydrogen-bond donors (Lipinski definition) is 3. The molecule has 114 valence electrons. The maximum Gasteiger partial charge on any atom is 0.238 e. The Bertz CT molecular complexity index is 503. The van der Waals surface area contributed by atoms with E-state index in [0.29, 0.717) is 23.1 Å². The first kappa shape index (κ1) is 15.7. The number of thiocarbonyl (C=S) groups is 1. The van der Waals surface area contributed by atoms with Gasteiger partial charge in [-0.1, -0.05) is 31.0 Å². The Morgan fingerprint density at radius 2 is 1.95 bits per heavy atom. The summed E-state index contributed by atoms with van der Waals surface area (Å²) in [6, 6.07) is 6.87. The summed E-state index contributed by atoms with van der Waals surface area (Å²) in [5, 5.41) is 3.59. The molecule has 0 radical (unpaired) electrons. The molecule has 1 aromatic rings. The minimum Gasteiger partial charge on any atom is -0.359 e. The summed E-state index contributed by atoms with van der Waals surface area (Å²) in [6.07, 6.45) is 5.24. The number of hydrogen-bond acceptors (Lipinski definition) is 2. The molecule has 1 aliphatic rings. The summed E-state index contributed by atoms with van der Waals surface area (Å²) >= 11 is 5.11. The highest BCUT2D eigenvalue weighted by atomic mass is 32.1. The summed E-state index contributed by atoms with van der Waals surface area (Å²) < 4.78 is 13.4. The van der Waals surface area contributed by atoms with Crippen LogP contribution in [0, 0.1) is 5.82 Å². The molecule has 4 nitrogen and oxygen atoms in total. The van der Waals surface area contributed by atoms with E-state index in [1.807, 2.05) is 0 Å². The van der Waals surface area contributed by atoms with Crippen molar-refractivity contribution in [1.82, 2.24) is 16.2 Å². The van der Waals surface area contributed by atoms with Gasteiger partial charge in [0.05, 0.1) is 0 Å². The van der Waals surface area contributed by atoms with E-state index < -0.39 is 0 Å². The van der Waals surface area contributed by atoms with Gasteiger partial charge in [-0.25, -0.2) is 4.39 Å². The number of amides is 1. The first-order valence-electron chi connectivity index (χ1n) is 7.24. The van der Waals surface area contributed by atoms with Gasteiger partial charge in [-0.05, 0) is 43.1 Å². The SMILES string of the molecule is O=C(CCc1ccccc1F)NNC(=S)NC1CCCC1. The molecule has 1 aliphatic carbocycles. The molecule has 0 aliphatic heterocycles. The average Bonchev–Trinajstić information content (AvgIpc) is 2.97. The number of benzene rings is 1.